The zero-order chi connectivity index (χ0) is 30.3. The Morgan fingerprint density at radius 3 is 1.82 bits per heavy atom. The number of hydrogen-bond donors (Lipinski definition) is 2. The van der Waals surface area contributed by atoms with Crippen molar-refractivity contribution in [2.24, 2.45) is 0 Å². The molecule has 0 atom stereocenters. The molecule has 9 heteroatoms. The van der Waals surface area contributed by atoms with Crippen molar-refractivity contribution in [3.63, 3.8) is 0 Å². The van der Waals surface area contributed by atoms with Gasteiger partial charge in [0.2, 0.25) is 23.0 Å². The van der Waals surface area contributed by atoms with E-state index in [9.17, 15) is 9.59 Å². The third-order valence-corrected chi connectivity index (χ3v) is 8.57. The number of aryl methyl sites for hydroxylation is 1. The summed E-state index contributed by atoms with van der Waals surface area (Å²) in [6.45, 7) is 10.7. The van der Waals surface area contributed by atoms with E-state index in [1.165, 1.54) is 0 Å². The van der Waals surface area contributed by atoms with Crippen LogP contribution in [-0.4, -0.2) is 87.3 Å². The van der Waals surface area contributed by atoms with Crippen molar-refractivity contribution in [1.29, 1.82) is 0 Å². The number of pyridine rings is 1. The molecule has 1 aromatic heterocycles. The Morgan fingerprint density at radius 1 is 0.705 bits per heavy atom. The van der Waals surface area contributed by atoms with Gasteiger partial charge in [0, 0.05) is 80.5 Å². The van der Waals surface area contributed by atoms with Crippen molar-refractivity contribution in [2.75, 3.05) is 76.3 Å². The summed E-state index contributed by atoms with van der Waals surface area (Å²) in [4.78, 5) is 30.4. The van der Waals surface area contributed by atoms with Gasteiger partial charge in [0.05, 0.1) is 37.2 Å². The molecule has 9 nitrogen and oxygen atoms in total. The second-order valence-electron chi connectivity index (χ2n) is 11.5. The van der Waals surface area contributed by atoms with Gasteiger partial charge in [0.25, 0.3) is 0 Å². The monoisotopic (exact) mass is 596 g/mol. The number of carbonyl (C=O) groups excluding carboxylic acids is 2. The molecule has 3 aromatic carbocycles. The van der Waals surface area contributed by atoms with Gasteiger partial charge >= 0.3 is 0 Å². The number of rotatable bonds is 10. The van der Waals surface area contributed by atoms with Gasteiger partial charge in [-0.1, -0.05) is 24.3 Å². The molecule has 2 aliphatic rings. The van der Waals surface area contributed by atoms with Crippen molar-refractivity contribution in [3.8, 4) is 11.3 Å². The average Bonchev–Trinajstić information content (AvgIpc) is 3.07. The van der Waals surface area contributed by atoms with Crippen LogP contribution in [0.1, 0.15) is 19.8 Å². The number of carbonyl (C=O) groups is 2. The maximum absolute atomic E-state index is 12.9. The van der Waals surface area contributed by atoms with E-state index in [2.05, 4.69) is 68.3 Å². The van der Waals surface area contributed by atoms with Crippen LogP contribution < -0.4 is 15.2 Å². The first kappa shape index (κ1) is 30.1. The predicted molar refractivity (Wildman–Crippen MR) is 174 cm³/mol. The molecule has 4 aromatic rings. The minimum atomic E-state index is 0.00950. The fourth-order valence-corrected chi connectivity index (χ4v) is 6.23. The Hall–Kier alpha value is -3.89. The SMILES string of the molecule is CC[n+]1c(-c2ccccc2)c2cc(NC(=O)CCN3CCOCC3)ccc2c2ccc(NC(=O)CCN3CCOCC3)cc21. The third-order valence-electron chi connectivity index (χ3n) is 8.57. The Balaban J connectivity index is 1.30. The number of benzene rings is 3. The van der Waals surface area contributed by atoms with Gasteiger partial charge in [-0.25, -0.2) is 0 Å². The lowest BCUT2D eigenvalue weighted by Gasteiger charge is -2.26. The van der Waals surface area contributed by atoms with Crippen molar-refractivity contribution in [3.05, 3.63) is 66.7 Å². The van der Waals surface area contributed by atoms with Crippen LogP contribution >= 0.6 is 0 Å². The molecule has 0 unspecified atom stereocenters. The Bertz CT molecular complexity index is 1610. The number of nitrogens with zero attached hydrogens (tertiary/aromatic N) is 3. The molecular formula is C35H42N5O4+. The lowest BCUT2D eigenvalue weighted by molar-refractivity contribution is -0.655. The van der Waals surface area contributed by atoms with Crippen LogP contribution in [0.2, 0.25) is 0 Å². The number of anilines is 2. The molecule has 2 N–H and O–H groups in total. The van der Waals surface area contributed by atoms with Crippen LogP contribution in [0.25, 0.3) is 32.9 Å². The van der Waals surface area contributed by atoms with Crippen molar-refractivity contribution in [1.82, 2.24) is 9.80 Å². The van der Waals surface area contributed by atoms with Gasteiger partial charge in [-0.15, -0.1) is 0 Å². The summed E-state index contributed by atoms with van der Waals surface area (Å²) < 4.78 is 13.2. The minimum absolute atomic E-state index is 0.00950. The normalized spacial score (nSPS) is 16.3. The molecule has 2 fully saturated rings. The Labute approximate surface area is 258 Å². The summed E-state index contributed by atoms with van der Waals surface area (Å²) in [5.41, 5.74) is 4.79. The summed E-state index contributed by atoms with van der Waals surface area (Å²) in [5, 5.41) is 9.53. The van der Waals surface area contributed by atoms with Crippen LogP contribution in [0.4, 0.5) is 11.4 Å². The van der Waals surface area contributed by atoms with Gasteiger partial charge in [0.15, 0.2) is 0 Å². The van der Waals surface area contributed by atoms with Crippen molar-refractivity contribution >= 4 is 44.9 Å². The van der Waals surface area contributed by atoms with Crippen LogP contribution in [0.3, 0.4) is 0 Å². The molecule has 2 saturated heterocycles. The van der Waals surface area contributed by atoms with Crippen LogP contribution in [-0.2, 0) is 25.6 Å². The number of fused-ring (bicyclic) bond motifs is 3. The fourth-order valence-electron chi connectivity index (χ4n) is 6.23. The first-order valence-corrected chi connectivity index (χ1v) is 15.8. The van der Waals surface area contributed by atoms with Gasteiger partial charge in [-0.3, -0.25) is 19.4 Å². The summed E-state index contributed by atoms with van der Waals surface area (Å²) >= 11 is 0. The van der Waals surface area contributed by atoms with Crippen LogP contribution in [0, 0.1) is 0 Å². The molecule has 0 spiro atoms. The molecule has 0 aliphatic carbocycles. The lowest BCUT2D eigenvalue weighted by atomic mass is 9.98. The van der Waals surface area contributed by atoms with Gasteiger partial charge in [-0.05, 0) is 43.3 Å². The highest BCUT2D eigenvalue weighted by Crippen LogP contribution is 2.34. The van der Waals surface area contributed by atoms with E-state index in [1.807, 2.05) is 30.3 Å². The second kappa shape index (κ2) is 14.3. The second-order valence-corrected chi connectivity index (χ2v) is 11.5. The first-order chi connectivity index (χ1) is 21.6. The number of morpholine rings is 2. The largest absolute Gasteiger partial charge is 0.379 e. The highest BCUT2D eigenvalue weighted by Gasteiger charge is 2.24. The first-order valence-electron chi connectivity index (χ1n) is 15.8. The Kier molecular flexibility index (Phi) is 9.77. The summed E-state index contributed by atoms with van der Waals surface area (Å²) in [7, 11) is 0. The minimum Gasteiger partial charge on any atom is -0.379 e. The highest BCUT2D eigenvalue weighted by molar-refractivity contribution is 6.11. The molecule has 0 bridgehead atoms. The van der Waals surface area contributed by atoms with Gasteiger partial charge < -0.3 is 20.1 Å². The van der Waals surface area contributed by atoms with Crippen molar-refractivity contribution in [2.45, 2.75) is 26.3 Å². The number of amides is 2. The number of hydrogen-bond acceptors (Lipinski definition) is 6. The maximum Gasteiger partial charge on any atom is 0.225 e. The third kappa shape index (κ3) is 7.08. The molecule has 44 heavy (non-hydrogen) atoms. The standard InChI is InChI=1S/C35H41N5O4/c1-2-40-32-25-28(37-34(42)13-15-39-18-22-44-23-19-39)9-11-30(32)29-10-8-27(24-31(29)35(40)26-6-4-3-5-7-26)36-33(41)12-14-38-16-20-43-21-17-38/h3-11,24-25H,2,12-23H2,1H3,(H,36,41)/p+1. The summed E-state index contributed by atoms with van der Waals surface area (Å²) in [5.74, 6) is 0.0206. The smallest absolute Gasteiger partial charge is 0.225 e. The van der Waals surface area contributed by atoms with E-state index >= 15 is 0 Å². The van der Waals surface area contributed by atoms with Gasteiger partial charge in [0.1, 0.15) is 6.54 Å². The maximum atomic E-state index is 12.9. The molecule has 0 saturated carbocycles. The molecule has 6 rings (SSSR count). The molecular weight excluding hydrogens is 554 g/mol. The van der Waals surface area contributed by atoms with E-state index in [4.69, 9.17) is 9.47 Å². The zero-order valence-corrected chi connectivity index (χ0v) is 25.5. The average molecular weight is 597 g/mol. The topological polar surface area (TPSA) is 87.0 Å². The Morgan fingerprint density at radius 2 is 1.25 bits per heavy atom. The number of ether oxygens (including phenoxy) is 2. The molecule has 2 amide bonds. The predicted octanol–water partition coefficient (Wildman–Crippen LogP) is 4.29. The quantitative estimate of drug-likeness (QED) is 0.210. The molecule has 0 radical (unpaired) electrons. The van der Waals surface area contributed by atoms with Gasteiger partial charge in [-0.2, -0.15) is 4.57 Å². The van der Waals surface area contributed by atoms with E-state index in [-0.39, 0.29) is 11.8 Å². The van der Waals surface area contributed by atoms with Crippen molar-refractivity contribution < 1.29 is 23.6 Å². The zero-order valence-electron chi connectivity index (χ0n) is 25.5. The lowest BCUT2D eigenvalue weighted by Crippen LogP contribution is -2.38. The summed E-state index contributed by atoms with van der Waals surface area (Å²) in [6.07, 6.45) is 0.886. The number of aromatic nitrogens is 1. The van der Waals surface area contributed by atoms with E-state index in [0.717, 1.165) is 117 Å². The van der Waals surface area contributed by atoms with E-state index in [1.54, 1.807) is 0 Å². The number of nitrogens with one attached hydrogen (secondary N) is 2. The molecule has 3 heterocycles. The summed E-state index contributed by atoms with van der Waals surface area (Å²) in [6, 6.07) is 22.7. The van der Waals surface area contributed by atoms with Crippen LogP contribution in [0.5, 0.6) is 0 Å². The van der Waals surface area contributed by atoms with Crippen LogP contribution in [0.15, 0.2) is 66.7 Å². The molecule has 230 valence electrons. The van der Waals surface area contributed by atoms with E-state index < -0.39 is 0 Å². The fraction of sp³-hybridized carbons (Fsp3) is 0.400. The molecule has 2 aliphatic heterocycles. The van der Waals surface area contributed by atoms with E-state index in [0.29, 0.717) is 12.8 Å². The highest BCUT2D eigenvalue weighted by atomic mass is 16.5.